The second-order valence-electron chi connectivity index (χ2n) is 6.02. The Bertz CT molecular complexity index is 529. The summed E-state index contributed by atoms with van der Waals surface area (Å²) in [5.41, 5.74) is 0.440. The first-order valence-corrected chi connectivity index (χ1v) is 8.48. The maximum Gasteiger partial charge on any atom is 0.338 e. The predicted octanol–water partition coefficient (Wildman–Crippen LogP) is 3.55. The van der Waals surface area contributed by atoms with Gasteiger partial charge in [-0.05, 0) is 42.5 Å². The number of esters is 1. The summed E-state index contributed by atoms with van der Waals surface area (Å²) < 4.78 is 5.96. The molecule has 1 saturated carbocycles. The number of rotatable bonds is 4. The maximum atomic E-state index is 12.0. The third-order valence-corrected chi connectivity index (χ3v) is 5.00. The van der Waals surface area contributed by atoms with Crippen LogP contribution in [-0.2, 0) is 9.53 Å². The minimum atomic E-state index is -0.479. The summed E-state index contributed by atoms with van der Waals surface area (Å²) in [6, 6.07) is 7.04. The van der Waals surface area contributed by atoms with E-state index in [1.807, 2.05) is 0 Å². The number of hydrogen-bond acceptors (Lipinski definition) is 3. The Labute approximate surface area is 139 Å². The van der Waals surface area contributed by atoms with Crippen LogP contribution >= 0.6 is 15.9 Å². The van der Waals surface area contributed by atoms with Crippen molar-refractivity contribution >= 4 is 27.8 Å². The maximum absolute atomic E-state index is 12.0. The summed E-state index contributed by atoms with van der Waals surface area (Å²) >= 11 is 3.31. The number of benzene rings is 1. The van der Waals surface area contributed by atoms with Gasteiger partial charge >= 0.3 is 5.97 Å². The molecule has 0 radical (unpaired) electrons. The Balaban J connectivity index is 1.80. The van der Waals surface area contributed by atoms with Crippen LogP contribution in [0.25, 0.3) is 0 Å². The molecule has 120 valence electrons. The van der Waals surface area contributed by atoms with Crippen LogP contribution in [0.1, 0.15) is 43.5 Å². The van der Waals surface area contributed by atoms with E-state index in [1.54, 1.807) is 24.3 Å². The van der Waals surface area contributed by atoms with Crippen molar-refractivity contribution in [3.05, 3.63) is 34.3 Å². The number of ether oxygens (including phenoxy) is 1. The number of carbonyl (C=O) groups is 2. The van der Waals surface area contributed by atoms with E-state index < -0.39 is 5.97 Å². The molecule has 3 atom stereocenters. The molecule has 5 heteroatoms. The van der Waals surface area contributed by atoms with Crippen molar-refractivity contribution in [3.8, 4) is 0 Å². The van der Waals surface area contributed by atoms with Crippen molar-refractivity contribution < 1.29 is 14.3 Å². The van der Waals surface area contributed by atoms with Gasteiger partial charge in [-0.3, -0.25) is 4.79 Å². The molecule has 4 nitrogen and oxygen atoms in total. The Hall–Kier alpha value is -1.36. The van der Waals surface area contributed by atoms with Crippen molar-refractivity contribution in [2.75, 3.05) is 6.61 Å². The summed E-state index contributed by atoms with van der Waals surface area (Å²) in [7, 11) is 0. The lowest BCUT2D eigenvalue weighted by molar-refractivity contribution is -0.125. The normalized spacial score (nSPS) is 24.6. The molecule has 1 fully saturated rings. The minimum Gasteiger partial charge on any atom is -0.452 e. The van der Waals surface area contributed by atoms with Crippen LogP contribution in [0, 0.1) is 11.8 Å². The van der Waals surface area contributed by atoms with E-state index in [-0.39, 0.29) is 18.6 Å². The van der Waals surface area contributed by atoms with Gasteiger partial charge in [0.25, 0.3) is 5.91 Å². The van der Waals surface area contributed by atoms with Crippen molar-refractivity contribution in [1.29, 1.82) is 0 Å². The quantitative estimate of drug-likeness (QED) is 0.827. The zero-order chi connectivity index (χ0) is 16.1. The standard InChI is InChI=1S/C17H22BrNO3/c1-11-4-3-5-15(12(11)2)19-16(20)10-22-17(21)13-6-8-14(18)9-7-13/h6-9,11-12,15H,3-5,10H2,1-2H3,(H,19,20)/t11-,12-,15-/m1/s1. The highest BCUT2D eigenvalue weighted by Gasteiger charge is 2.28. The molecule has 0 saturated heterocycles. The summed E-state index contributed by atoms with van der Waals surface area (Å²) in [4.78, 5) is 23.8. The molecule has 0 aliphatic heterocycles. The third-order valence-electron chi connectivity index (χ3n) is 4.47. The highest BCUT2D eigenvalue weighted by atomic mass is 79.9. The zero-order valence-corrected chi connectivity index (χ0v) is 14.6. The fourth-order valence-corrected chi connectivity index (χ4v) is 3.10. The summed E-state index contributed by atoms with van der Waals surface area (Å²) in [5, 5.41) is 2.99. The molecule has 1 aromatic carbocycles. The molecule has 0 unspecified atom stereocenters. The molecule has 0 bridgehead atoms. The smallest absolute Gasteiger partial charge is 0.338 e. The topological polar surface area (TPSA) is 55.4 Å². The third kappa shape index (κ3) is 4.57. The van der Waals surface area contributed by atoms with Gasteiger partial charge in [0.05, 0.1) is 5.56 Å². The molecule has 1 aliphatic carbocycles. The number of amides is 1. The van der Waals surface area contributed by atoms with E-state index in [0.717, 1.165) is 17.3 Å². The molecule has 1 aliphatic rings. The van der Waals surface area contributed by atoms with E-state index in [1.165, 1.54) is 6.42 Å². The largest absolute Gasteiger partial charge is 0.452 e. The molecule has 2 rings (SSSR count). The van der Waals surface area contributed by atoms with Gasteiger partial charge in [-0.15, -0.1) is 0 Å². The van der Waals surface area contributed by atoms with Gasteiger partial charge in [0, 0.05) is 10.5 Å². The molecule has 1 N–H and O–H groups in total. The predicted molar refractivity (Wildman–Crippen MR) is 88.5 cm³/mol. The van der Waals surface area contributed by atoms with E-state index in [9.17, 15) is 9.59 Å². The Morgan fingerprint density at radius 1 is 1.23 bits per heavy atom. The molecule has 1 amide bonds. The molecule has 0 aromatic heterocycles. The van der Waals surface area contributed by atoms with Gasteiger partial charge in [0.2, 0.25) is 0 Å². The second-order valence-corrected chi connectivity index (χ2v) is 6.94. The fraction of sp³-hybridized carbons (Fsp3) is 0.529. The number of halogens is 1. The van der Waals surface area contributed by atoms with Gasteiger partial charge in [0.1, 0.15) is 0 Å². The average Bonchev–Trinajstić information content (AvgIpc) is 2.50. The van der Waals surface area contributed by atoms with Crippen LogP contribution in [0.2, 0.25) is 0 Å². The van der Waals surface area contributed by atoms with Crippen LogP contribution < -0.4 is 5.32 Å². The fourth-order valence-electron chi connectivity index (χ4n) is 2.83. The Kier molecular flexibility index (Phi) is 6.00. The van der Waals surface area contributed by atoms with Crippen molar-refractivity contribution in [2.45, 2.75) is 39.2 Å². The average molecular weight is 368 g/mol. The van der Waals surface area contributed by atoms with Crippen LogP contribution in [0.4, 0.5) is 0 Å². The molecular formula is C17H22BrNO3. The Morgan fingerprint density at radius 3 is 2.59 bits per heavy atom. The van der Waals surface area contributed by atoms with Crippen LogP contribution in [0.15, 0.2) is 28.7 Å². The zero-order valence-electron chi connectivity index (χ0n) is 13.0. The SMILES string of the molecule is C[C@@H]1[C@H](C)CCC[C@H]1NC(=O)COC(=O)c1ccc(Br)cc1. The lowest BCUT2D eigenvalue weighted by Gasteiger charge is -2.34. The number of hydrogen-bond donors (Lipinski definition) is 1. The lowest BCUT2D eigenvalue weighted by Crippen LogP contribution is -2.45. The molecule has 22 heavy (non-hydrogen) atoms. The summed E-state index contributed by atoms with van der Waals surface area (Å²) in [6.45, 7) is 4.16. The van der Waals surface area contributed by atoms with Crippen LogP contribution in [0.3, 0.4) is 0 Å². The van der Waals surface area contributed by atoms with E-state index in [2.05, 4.69) is 35.1 Å². The second kappa shape index (κ2) is 7.77. The van der Waals surface area contributed by atoms with Crippen molar-refractivity contribution in [3.63, 3.8) is 0 Å². The highest BCUT2D eigenvalue weighted by Crippen LogP contribution is 2.29. The molecule has 1 aromatic rings. The van der Waals surface area contributed by atoms with Crippen LogP contribution in [0.5, 0.6) is 0 Å². The summed E-state index contributed by atoms with van der Waals surface area (Å²) in [6.07, 6.45) is 3.35. The molecule has 0 heterocycles. The number of carbonyl (C=O) groups excluding carboxylic acids is 2. The molecular weight excluding hydrogens is 346 g/mol. The van der Waals surface area contributed by atoms with Gasteiger partial charge in [-0.2, -0.15) is 0 Å². The van der Waals surface area contributed by atoms with Gasteiger partial charge in [-0.1, -0.05) is 42.6 Å². The summed E-state index contributed by atoms with van der Waals surface area (Å²) in [5.74, 6) is 0.369. The van der Waals surface area contributed by atoms with E-state index in [0.29, 0.717) is 17.4 Å². The van der Waals surface area contributed by atoms with Gasteiger partial charge in [0.15, 0.2) is 6.61 Å². The first kappa shape index (κ1) is 17.0. The van der Waals surface area contributed by atoms with Crippen molar-refractivity contribution in [1.82, 2.24) is 5.32 Å². The van der Waals surface area contributed by atoms with E-state index in [4.69, 9.17) is 4.74 Å². The minimum absolute atomic E-state index is 0.183. The first-order valence-electron chi connectivity index (χ1n) is 7.69. The van der Waals surface area contributed by atoms with Gasteiger partial charge in [-0.25, -0.2) is 4.79 Å². The van der Waals surface area contributed by atoms with Gasteiger partial charge < -0.3 is 10.1 Å². The van der Waals surface area contributed by atoms with Crippen molar-refractivity contribution in [2.24, 2.45) is 11.8 Å². The molecule has 0 spiro atoms. The highest BCUT2D eigenvalue weighted by molar-refractivity contribution is 9.10. The van der Waals surface area contributed by atoms with E-state index >= 15 is 0 Å². The number of nitrogens with one attached hydrogen (secondary N) is 1. The van der Waals surface area contributed by atoms with Crippen LogP contribution in [-0.4, -0.2) is 24.5 Å². The Morgan fingerprint density at radius 2 is 1.91 bits per heavy atom. The first-order chi connectivity index (χ1) is 10.5. The lowest BCUT2D eigenvalue weighted by atomic mass is 9.78. The monoisotopic (exact) mass is 367 g/mol.